The Bertz CT molecular complexity index is 606. The molecule has 1 aliphatic carbocycles. The lowest BCUT2D eigenvalue weighted by molar-refractivity contribution is -0.126. The van der Waals surface area contributed by atoms with Crippen molar-refractivity contribution in [1.29, 1.82) is 0 Å². The van der Waals surface area contributed by atoms with Gasteiger partial charge in [-0.1, -0.05) is 79.9 Å². The number of hydrogen-bond donors (Lipinski definition) is 2. The third-order valence-corrected chi connectivity index (χ3v) is 4.71. The second-order valence-electron chi connectivity index (χ2n) is 6.67. The Morgan fingerprint density at radius 2 is 1.56 bits per heavy atom. The summed E-state index contributed by atoms with van der Waals surface area (Å²) in [5.41, 5.74) is 7.71. The fourth-order valence-corrected chi connectivity index (χ4v) is 3.14. The number of nitrogens with two attached hydrogens (primary N) is 1. The fraction of sp³-hybridized carbons (Fsp3) is 0.409. The van der Waals surface area contributed by atoms with Crippen LogP contribution >= 0.6 is 0 Å². The predicted octanol–water partition coefficient (Wildman–Crippen LogP) is 4.59. The summed E-state index contributed by atoms with van der Waals surface area (Å²) in [6, 6.07) is 20.3. The zero-order valence-electron chi connectivity index (χ0n) is 15.2. The Labute approximate surface area is 151 Å². The van der Waals surface area contributed by atoms with Crippen molar-refractivity contribution >= 4 is 5.91 Å². The molecule has 0 aliphatic heterocycles. The van der Waals surface area contributed by atoms with E-state index in [-0.39, 0.29) is 17.9 Å². The largest absolute Gasteiger partial charge is 0.349 e. The molecule has 3 N–H and O–H groups in total. The summed E-state index contributed by atoms with van der Waals surface area (Å²) in [6.07, 6.45) is 5.83. The topological polar surface area (TPSA) is 55.1 Å². The Kier molecular flexibility index (Phi) is 8.20. The SMILES string of the molecule is CC(NC(=O)C1CCCCC1)c1ccccc1.NCc1ccccc1. The monoisotopic (exact) mass is 338 g/mol. The zero-order valence-corrected chi connectivity index (χ0v) is 15.2. The molecule has 2 aromatic rings. The molecule has 0 radical (unpaired) electrons. The van der Waals surface area contributed by atoms with Gasteiger partial charge in [-0.3, -0.25) is 4.79 Å². The van der Waals surface area contributed by atoms with Crippen LogP contribution in [0, 0.1) is 5.92 Å². The van der Waals surface area contributed by atoms with Crippen LogP contribution in [0.3, 0.4) is 0 Å². The number of benzene rings is 2. The van der Waals surface area contributed by atoms with E-state index in [2.05, 4.69) is 24.4 Å². The van der Waals surface area contributed by atoms with Gasteiger partial charge in [0.15, 0.2) is 0 Å². The number of amides is 1. The molecule has 0 saturated heterocycles. The third kappa shape index (κ3) is 6.71. The Morgan fingerprint density at radius 3 is 2.08 bits per heavy atom. The van der Waals surface area contributed by atoms with Crippen LogP contribution in [0.2, 0.25) is 0 Å². The first-order valence-electron chi connectivity index (χ1n) is 9.30. The van der Waals surface area contributed by atoms with Crippen LogP contribution in [-0.4, -0.2) is 5.91 Å². The van der Waals surface area contributed by atoms with Gasteiger partial charge < -0.3 is 11.1 Å². The van der Waals surface area contributed by atoms with Crippen LogP contribution in [0.15, 0.2) is 60.7 Å². The quantitative estimate of drug-likeness (QED) is 0.856. The zero-order chi connectivity index (χ0) is 17.9. The Balaban J connectivity index is 0.000000236. The molecule has 0 bridgehead atoms. The van der Waals surface area contributed by atoms with Crippen molar-refractivity contribution in [2.75, 3.05) is 0 Å². The van der Waals surface area contributed by atoms with Gasteiger partial charge >= 0.3 is 0 Å². The van der Waals surface area contributed by atoms with Gasteiger partial charge in [0.1, 0.15) is 0 Å². The van der Waals surface area contributed by atoms with Crippen molar-refractivity contribution in [2.45, 2.75) is 51.6 Å². The summed E-state index contributed by atoms with van der Waals surface area (Å²) in [5, 5.41) is 3.13. The highest BCUT2D eigenvalue weighted by Gasteiger charge is 2.22. The van der Waals surface area contributed by atoms with Gasteiger partial charge in [-0.2, -0.15) is 0 Å². The predicted molar refractivity (Wildman–Crippen MR) is 104 cm³/mol. The average molecular weight is 338 g/mol. The van der Waals surface area contributed by atoms with Crippen molar-refractivity contribution in [2.24, 2.45) is 11.7 Å². The summed E-state index contributed by atoms with van der Waals surface area (Å²) >= 11 is 0. The summed E-state index contributed by atoms with van der Waals surface area (Å²) in [4.78, 5) is 12.1. The highest BCUT2D eigenvalue weighted by molar-refractivity contribution is 5.79. The first-order valence-corrected chi connectivity index (χ1v) is 9.30. The van der Waals surface area contributed by atoms with E-state index in [0.29, 0.717) is 6.54 Å². The van der Waals surface area contributed by atoms with E-state index in [9.17, 15) is 4.79 Å². The minimum Gasteiger partial charge on any atom is -0.349 e. The molecule has 1 amide bonds. The van der Waals surface area contributed by atoms with Gasteiger partial charge in [-0.25, -0.2) is 0 Å². The number of carbonyl (C=O) groups is 1. The molecule has 0 heterocycles. The maximum absolute atomic E-state index is 12.1. The maximum Gasteiger partial charge on any atom is 0.223 e. The van der Waals surface area contributed by atoms with Gasteiger partial charge in [0, 0.05) is 12.5 Å². The lowest BCUT2D eigenvalue weighted by Crippen LogP contribution is -2.33. The summed E-state index contributed by atoms with van der Waals surface area (Å²) < 4.78 is 0. The molecule has 0 spiro atoms. The molecule has 2 aromatic carbocycles. The second kappa shape index (κ2) is 10.7. The van der Waals surface area contributed by atoms with E-state index in [1.54, 1.807) is 0 Å². The van der Waals surface area contributed by atoms with Crippen molar-refractivity contribution in [3.05, 3.63) is 71.8 Å². The summed E-state index contributed by atoms with van der Waals surface area (Å²) in [6.45, 7) is 2.69. The smallest absolute Gasteiger partial charge is 0.223 e. The highest BCUT2D eigenvalue weighted by Crippen LogP contribution is 2.24. The number of hydrogen-bond acceptors (Lipinski definition) is 2. The first kappa shape index (κ1) is 19.2. The number of rotatable bonds is 4. The van der Waals surface area contributed by atoms with Gasteiger partial charge in [0.05, 0.1) is 6.04 Å². The Morgan fingerprint density at radius 1 is 1.00 bits per heavy atom. The molecular weight excluding hydrogens is 308 g/mol. The molecule has 0 aromatic heterocycles. The Hall–Kier alpha value is -2.13. The molecule has 1 unspecified atom stereocenters. The van der Waals surface area contributed by atoms with Gasteiger partial charge in [0.25, 0.3) is 0 Å². The van der Waals surface area contributed by atoms with Crippen molar-refractivity contribution < 1.29 is 4.79 Å². The fourth-order valence-electron chi connectivity index (χ4n) is 3.14. The lowest BCUT2D eigenvalue weighted by atomic mass is 9.88. The second-order valence-corrected chi connectivity index (χ2v) is 6.67. The maximum atomic E-state index is 12.1. The van der Waals surface area contributed by atoms with Crippen molar-refractivity contribution in [1.82, 2.24) is 5.32 Å². The molecule has 1 fully saturated rings. The van der Waals surface area contributed by atoms with Crippen LogP contribution in [0.5, 0.6) is 0 Å². The van der Waals surface area contributed by atoms with E-state index in [1.165, 1.54) is 30.4 Å². The van der Waals surface area contributed by atoms with Crippen LogP contribution in [0.1, 0.15) is 56.2 Å². The van der Waals surface area contributed by atoms with E-state index >= 15 is 0 Å². The molecule has 3 nitrogen and oxygen atoms in total. The van der Waals surface area contributed by atoms with Crippen molar-refractivity contribution in [3.8, 4) is 0 Å². The van der Waals surface area contributed by atoms with Crippen LogP contribution < -0.4 is 11.1 Å². The molecular formula is C22H30N2O. The molecule has 3 heteroatoms. The first-order chi connectivity index (χ1) is 12.2. The molecule has 1 atom stereocenters. The summed E-state index contributed by atoms with van der Waals surface area (Å²) in [7, 11) is 0. The van der Waals surface area contributed by atoms with Gasteiger partial charge in [-0.15, -0.1) is 0 Å². The van der Waals surface area contributed by atoms with Gasteiger partial charge in [-0.05, 0) is 30.9 Å². The minimum atomic E-state index is 0.116. The molecule has 1 aliphatic rings. The molecule has 134 valence electrons. The normalized spacial score (nSPS) is 15.6. The van der Waals surface area contributed by atoms with E-state index < -0.39 is 0 Å². The van der Waals surface area contributed by atoms with E-state index in [0.717, 1.165) is 12.8 Å². The molecule has 3 rings (SSSR count). The third-order valence-electron chi connectivity index (χ3n) is 4.71. The van der Waals surface area contributed by atoms with Crippen LogP contribution in [0.4, 0.5) is 0 Å². The van der Waals surface area contributed by atoms with Gasteiger partial charge in [0.2, 0.25) is 5.91 Å². The number of carbonyl (C=O) groups excluding carboxylic acids is 1. The summed E-state index contributed by atoms with van der Waals surface area (Å²) in [5.74, 6) is 0.482. The molecule has 25 heavy (non-hydrogen) atoms. The van der Waals surface area contributed by atoms with Crippen LogP contribution in [0.25, 0.3) is 0 Å². The average Bonchev–Trinajstić information content (AvgIpc) is 2.70. The molecule has 1 saturated carbocycles. The lowest BCUT2D eigenvalue weighted by Gasteiger charge is -2.23. The van der Waals surface area contributed by atoms with E-state index in [4.69, 9.17) is 5.73 Å². The minimum absolute atomic E-state index is 0.116. The van der Waals surface area contributed by atoms with Crippen molar-refractivity contribution in [3.63, 3.8) is 0 Å². The van der Waals surface area contributed by atoms with Crippen LogP contribution in [-0.2, 0) is 11.3 Å². The standard InChI is InChI=1S/C15H21NO.C7H9N/c1-12(13-8-4-2-5-9-13)16-15(17)14-10-6-3-7-11-14;8-6-7-4-2-1-3-5-7/h2,4-5,8-9,12,14H,3,6-7,10-11H2,1H3,(H,16,17);1-5H,6,8H2. The van der Waals surface area contributed by atoms with E-state index in [1.807, 2.05) is 48.5 Å². The highest BCUT2D eigenvalue weighted by atomic mass is 16.1. The number of nitrogens with one attached hydrogen (secondary N) is 1.